The monoisotopic (exact) mass is 166 g/mol. The first-order valence-corrected chi connectivity index (χ1v) is 3.55. The maximum atomic E-state index is 10.8. The van der Waals surface area contributed by atoms with E-state index in [2.05, 4.69) is 4.98 Å². The first-order valence-electron chi connectivity index (χ1n) is 3.55. The molecule has 1 aromatic rings. The van der Waals surface area contributed by atoms with Crippen molar-refractivity contribution >= 4 is 5.91 Å². The molecule has 0 aromatic carbocycles. The van der Waals surface area contributed by atoms with Crippen LogP contribution in [0.3, 0.4) is 0 Å². The van der Waals surface area contributed by atoms with Crippen LogP contribution < -0.4 is 5.73 Å². The predicted octanol–water partition coefficient (Wildman–Crippen LogP) is 0.234. The van der Waals surface area contributed by atoms with E-state index in [0.29, 0.717) is 5.56 Å². The van der Waals surface area contributed by atoms with Crippen molar-refractivity contribution in [2.24, 2.45) is 5.73 Å². The summed E-state index contributed by atoms with van der Waals surface area (Å²) in [5.74, 6) is -0.619. The lowest BCUT2D eigenvalue weighted by Gasteiger charge is -2.06. The van der Waals surface area contributed by atoms with E-state index in [4.69, 9.17) is 5.73 Å². The van der Waals surface area contributed by atoms with E-state index in [0.717, 1.165) is 0 Å². The van der Waals surface area contributed by atoms with Crippen LogP contribution in [-0.2, 0) is 0 Å². The lowest BCUT2D eigenvalue weighted by atomic mass is 10.1. The number of aliphatic hydroxyl groups excluding tert-OH is 1. The van der Waals surface area contributed by atoms with Crippen LogP contribution in [0.4, 0.5) is 0 Å². The third kappa shape index (κ3) is 1.60. The van der Waals surface area contributed by atoms with Gasteiger partial charge in [-0.2, -0.15) is 0 Å². The van der Waals surface area contributed by atoms with E-state index in [9.17, 15) is 9.90 Å². The summed E-state index contributed by atoms with van der Waals surface area (Å²) in [6, 6.07) is 3.27. The largest absolute Gasteiger partial charge is 0.389 e. The summed E-state index contributed by atoms with van der Waals surface area (Å²) in [5, 5.41) is 9.21. The van der Waals surface area contributed by atoms with E-state index >= 15 is 0 Å². The molecule has 64 valence electrons. The summed E-state index contributed by atoms with van der Waals surface area (Å²) >= 11 is 0. The molecule has 3 N–H and O–H groups in total. The van der Waals surface area contributed by atoms with E-state index < -0.39 is 12.0 Å². The minimum atomic E-state index is -0.721. The summed E-state index contributed by atoms with van der Waals surface area (Å²) in [5.41, 5.74) is 5.63. The standard InChI is InChI=1S/C8H10N2O2/c1-5(11)6-3-2-4-10-7(6)8(9)12/h2-5,11H,1H3,(H2,9,12)/t5-/m0/s1. The number of aromatic nitrogens is 1. The molecule has 12 heavy (non-hydrogen) atoms. The summed E-state index contributed by atoms with van der Waals surface area (Å²) in [7, 11) is 0. The molecular formula is C8H10N2O2. The lowest BCUT2D eigenvalue weighted by molar-refractivity contribution is 0.0988. The Labute approximate surface area is 70.0 Å². The fourth-order valence-electron chi connectivity index (χ4n) is 0.961. The number of aliphatic hydroxyl groups is 1. The molecule has 1 rings (SSSR count). The van der Waals surface area contributed by atoms with Crippen LogP contribution in [0.15, 0.2) is 18.3 Å². The molecular weight excluding hydrogens is 156 g/mol. The van der Waals surface area contributed by atoms with Gasteiger partial charge in [-0.1, -0.05) is 6.07 Å². The van der Waals surface area contributed by atoms with Crippen LogP contribution in [-0.4, -0.2) is 16.0 Å². The van der Waals surface area contributed by atoms with Crippen LogP contribution in [0.1, 0.15) is 29.1 Å². The van der Waals surface area contributed by atoms with Gasteiger partial charge in [0.2, 0.25) is 0 Å². The Bertz CT molecular complexity index is 297. The van der Waals surface area contributed by atoms with Crippen molar-refractivity contribution in [3.8, 4) is 0 Å². The third-order valence-corrected chi connectivity index (χ3v) is 1.52. The Balaban J connectivity index is 3.17. The summed E-state index contributed by atoms with van der Waals surface area (Å²) in [6.07, 6.45) is 0.743. The van der Waals surface area contributed by atoms with Crippen molar-refractivity contribution in [2.75, 3.05) is 0 Å². The highest BCUT2D eigenvalue weighted by atomic mass is 16.3. The number of hydrogen-bond acceptors (Lipinski definition) is 3. The van der Waals surface area contributed by atoms with Crippen molar-refractivity contribution < 1.29 is 9.90 Å². The van der Waals surface area contributed by atoms with Crippen molar-refractivity contribution in [2.45, 2.75) is 13.0 Å². The molecule has 0 spiro atoms. The molecule has 0 radical (unpaired) electrons. The molecule has 1 aromatic heterocycles. The summed E-state index contributed by atoms with van der Waals surface area (Å²) in [4.78, 5) is 14.5. The van der Waals surface area contributed by atoms with Gasteiger partial charge in [-0.25, -0.2) is 0 Å². The molecule has 1 amide bonds. The van der Waals surface area contributed by atoms with Gasteiger partial charge in [-0.3, -0.25) is 9.78 Å². The number of carbonyl (C=O) groups excluding carboxylic acids is 1. The number of hydrogen-bond donors (Lipinski definition) is 2. The molecule has 0 aliphatic heterocycles. The second kappa shape index (κ2) is 3.32. The molecule has 0 bridgehead atoms. The Kier molecular flexibility index (Phi) is 2.40. The minimum Gasteiger partial charge on any atom is -0.389 e. The second-order valence-corrected chi connectivity index (χ2v) is 2.48. The molecule has 0 aliphatic carbocycles. The number of rotatable bonds is 2. The molecule has 4 nitrogen and oxygen atoms in total. The number of amides is 1. The van der Waals surface area contributed by atoms with Gasteiger partial charge < -0.3 is 10.8 Å². The molecule has 1 atom stereocenters. The topological polar surface area (TPSA) is 76.2 Å². The summed E-state index contributed by atoms with van der Waals surface area (Å²) < 4.78 is 0. The van der Waals surface area contributed by atoms with Crippen molar-refractivity contribution in [1.82, 2.24) is 4.98 Å². The Morgan fingerprint density at radius 1 is 1.75 bits per heavy atom. The quantitative estimate of drug-likeness (QED) is 0.660. The first kappa shape index (κ1) is 8.67. The van der Waals surface area contributed by atoms with Gasteiger partial charge in [-0.15, -0.1) is 0 Å². The van der Waals surface area contributed by atoms with Crippen LogP contribution >= 0.6 is 0 Å². The van der Waals surface area contributed by atoms with Crippen molar-refractivity contribution in [3.63, 3.8) is 0 Å². The van der Waals surface area contributed by atoms with Gasteiger partial charge in [-0.05, 0) is 13.0 Å². The maximum Gasteiger partial charge on any atom is 0.267 e. The zero-order chi connectivity index (χ0) is 9.14. The van der Waals surface area contributed by atoms with Crippen LogP contribution in [0.2, 0.25) is 0 Å². The highest BCUT2D eigenvalue weighted by Crippen LogP contribution is 2.14. The molecule has 0 fully saturated rings. The SMILES string of the molecule is C[C@H](O)c1cccnc1C(N)=O. The average Bonchev–Trinajstić information content (AvgIpc) is 2.04. The summed E-state index contributed by atoms with van der Waals surface area (Å²) in [6.45, 7) is 1.56. The number of primary amides is 1. The van der Waals surface area contributed by atoms with Gasteiger partial charge in [0, 0.05) is 11.8 Å². The van der Waals surface area contributed by atoms with Crippen LogP contribution in [0.25, 0.3) is 0 Å². The molecule has 1 heterocycles. The Morgan fingerprint density at radius 2 is 2.42 bits per heavy atom. The van der Waals surface area contributed by atoms with E-state index in [1.54, 1.807) is 19.1 Å². The van der Waals surface area contributed by atoms with E-state index in [1.807, 2.05) is 0 Å². The Hall–Kier alpha value is -1.42. The van der Waals surface area contributed by atoms with E-state index in [1.165, 1.54) is 6.20 Å². The predicted molar refractivity (Wildman–Crippen MR) is 43.4 cm³/mol. The fraction of sp³-hybridized carbons (Fsp3) is 0.250. The highest BCUT2D eigenvalue weighted by Gasteiger charge is 2.12. The van der Waals surface area contributed by atoms with Gasteiger partial charge >= 0.3 is 0 Å². The van der Waals surface area contributed by atoms with Crippen LogP contribution in [0, 0.1) is 0 Å². The smallest absolute Gasteiger partial charge is 0.267 e. The fourth-order valence-corrected chi connectivity index (χ4v) is 0.961. The van der Waals surface area contributed by atoms with E-state index in [-0.39, 0.29) is 5.69 Å². The van der Waals surface area contributed by atoms with Crippen molar-refractivity contribution in [1.29, 1.82) is 0 Å². The molecule has 0 aliphatic rings. The maximum absolute atomic E-state index is 10.8. The van der Waals surface area contributed by atoms with Gasteiger partial charge in [0.05, 0.1) is 6.10 Å². The number of carbonyl (C=O) groups is 1. The first-order chi connectivity index (χ1) is 5.63. The van der Waals surface area contributed by atoms with Gasteiger partial charge in [0.1, 0.15) is 5.69 Å². The number of pyridine rings is 1. The van der Waals surface area contributed by atoms with Gasteiger partial charge in [0.15, 0.2) is 0 Å². The molecule has 0 unspecified atom stereocenters. The van der Waals surface area contributed by atoms with Crippen LogP contribution in [0.5, 0.6) is 0 Å². The average molecular weight is 166 g/mol. The molecule has 4 heteroatoms. The Morgan fingerprint density at radius 3 is 2.83 bits per heavy atom. The highest BCUT2D eigenvalue weighted by molar-refractivity contribution is 5.92. The zero-order valence-electron chi connectivity index (χ0n) is 6.69. The van der Waals surface area contributed by atoms with Crippen molar-refractivity contribution in [3.05, 3.63) is 29.6 Å². The molecule has 0 saturated carbocycles. The molecule has 0 saturated heterocycles. The van der Waals surface area contributed by atoms with Gasteiger partial charge in [0.25, 0.3) is 5.91 Å². The zero-order valence-corrected chi connectivity index (χ0v) is 6.69. The number of nitrogens with zero attached hydrogens (tertiary/aromatic N) is 1. The lowest BCUT2D eigenvalue weighted by Crippen LogP contribution is -2.16. The normalized spacial score (nSPS) is 12.5. The second-order valence-electron chi connectivity index (χ2n) is 2.48. The third-order valence-electron chi connectivity index (χ3n) is 1.52. The minimum absolute atomic E-state index is 0.132. The number of nitrogens with two attached hydrogens (primary N) is 1.